The molecule has 0 atom stereocenters. The van der Waals surface area contributed by atoms with Gasteiger partial charge in [0, 0.05) is 11.8 Å². The van der Waals surface area contributed by atoms with E-state index in [9.17, 15) is 4.79 Å². The Bertz CT molecular complexity index is 540. The smallest absolute Gasteiger partial charge is 0.257 e. The molecule has 0 fully saturated rings. The summed E-state index contributed by atoms with van der Waals surface area (Å²) in [5, 5.41) is 11.5. The average Bonchev–Trinajstić information content (AvgIpc) is 2.75. The number of nitrogen functional groups attached to an aromatic ring is 1. The minimum absolute atomic E-state index is 0.278. The molecule has 0 spiro atoms. The molecule has 2 rings (SSSR count). The van der Waals surface area contributed by atoms with Crippen molar-refractivity contribution in [3.63, 3.8) is 0 Å². The molecule has 88 valence electrons. The molecule has 0 unspecified atom stereocenters. The molecule has 0 bridgehead atoms. The van der Waals surface area contributed by atoms with Crippen molar-refractivity contribution in [3.8, 4) is 0 Å². The number of carbonyl (C=O) groups is 1. The first-order chi connectivity index (χ1) is 8.19. The first-order valence-electron chi connectivity index (χ1n) is 4.73. The van der Waals surface area contributed by atoms with Crippen LogP contribution in [0.15, 0.2) is 18.3 Å². The predicted molar refractivity (Wildman–Crippen MR) is 64.6 cm³/mol. The monoisotopic (exact) mass is 250 g/mol. The lowest BCUT2D eigenvalue weighted by Gasteiger charge is -2.03. The molecule has 0 aliphatic heterocycles. The van der Waals surface area contributed by atoms with Crippen LogP contribution in [0.4, 0.5) is 10.9 Å². The summed E-state index contributed by atoms with van der Waals surface area (Å²) in [5.74, 6) is 5.35. The fraction of sp³-hybridized carbons (Fsp3) is 0.111. The second kappa shape index (κ2) is 4.85. The van der Waals surface area contributed by atoms with Crippen LogP contribution in [0.25, 0.3) is 0 Å². The zero-order valence-corrected chi connectivity index (χ0v) is 9.78. The molecule has 2 aromatic rings. The number of carbonyl (C=O) groups excluding carboxylic acids is 1. The summed E-state index contributed by atoms with van der Waals surface area (Å²) in [4.78, 5) is 15.7. The fourth-order valence-corrected chi connectivity index (χ4v) is 1.75. The van der Waals surface area contributed by atoms with E-state index in [2.05, 4.69) is 25.9 Å². The van der Waals surface area contributed by atoms with E-state index in [1.807, 2.05) is 6.92 Å². The minimum atomic E-state index is -0.278. The third-order valence-electron chi connectivity index (χ3n) is 1.92. The van der Waals surface area contributed by atoms with E-state index in [0.29, 0.717) is 16.5 Å². The maximum atomic E-state index is 11.8. The zero-order chi connectivity index (χ0) is 12.3. The van der Waals surface area contributed by atoms with Gasteiger partial charge in [0.15, 0.2) is 0 Å². The summed E-state index contributed by atoms with van der Waals surface area (Å²) in [7, 11) is 0. The van der Waals surface area contributed by atoms with Crippen LogP contribution in [0.1, 0.15) is 15.4 Å². The summed E-state index contributed by atoms with van der Waals surface area (Å²) in [5.41, 5.74) is 2.82. The van der Waals surface area contributed by atoms with Gasteiger partial charge in [-0.3, -0.25) is 10.1 Å². The molecular formula is C9H10N6OS. The first-order valence-corrected chi connectivity index (χ1v) is 5.55. The maximum Gasteiger partial charge on any atom is 0.257 e. The van der Waals surface area contributed by atoms with Crippen LogP contribution in [-0.4, -0.2) is 21.1 Å². The highest BCUT2D eigenvalue weighted by Gasteiger charge is 2.09. The largest absolute Gasteiger partial charge is 0.308 e. The van der Waals surface area contributed by atoms with Gasteiger partial charge in [-0.15, -0.1) is 10.2 Å². The third-order valence-corrected chi connectivity index (χ3v) is 2.67. The lowest BCUT2D eigenvalue weighted by molar-refractivity contribution is 0.102. The average molecular weight is 250 g/mol. The number of rotatable bonds is 3. The van der Waals surface area contributed by atoms with Crippen molar-refractivity contribution in [1.29, 1.82) is 0 Å². The zero-order valence-electron chi connectivity index (χ0n) is 8.97. The van der Waals surface area contributed by atoms with Gasteiger partial charge in [-0.2, -0.15) is 0 Å². The van der Waals surface area contributed by atoms with E-state index in [4.69, 9.17) is 5.84 Å². The van der Waals surface area contributed by atoms with Gasteiger partial charge in [0.2, 0.25) is 5.13 Å². The van der Waals surface area contributed by atoms with Crippen molar-refractivity contribution in [2.24, 2.45) is 5.84 Å². The van der Waals surface area contributed by atoms with E-state index in [1.54, 1.807) is 12.1 Å². The van der Waals surface area contributed by atoms with Crippen molar-refractivity contribution in [3.05, 3.63) is 28.9 Å². The Labute approximate surface area is 101 Å². The number of aromatic nitrogens is 3. The maximum absolute atomic E-state index is 11.8. The van der Waals surface area contributed by atoms with Crippen LogP contribution in [0.5, 0.6) is 0 Å². The Morgan fingerprint density at radius 2 is 2.29 bits per heavy atom. The van der Waals surface area contributed by atoms with Crippen molar-refractivity contribution in [2.45, 2.75) is 6.92 Å². The van der Waals surface area contributed by atoms with E-state index in [-0.39, 0.29) is 5.91 Å². The van der Waals surface area contributed by atoms with E-state index in [0.717, 1.165) is 5.01 Å². The molecule has 8 heteroatoms. The molecule has 2 heterocycles. The number of aryl methyl sites for hydroxylation is 1. The molecule has 0 saturated heterocycles. The number of pyridine rings is 1. The highest BCUT2D eigenvalue weighted by molar-refractivity contribution is 7.15. The number of nitrogens with two attached hydrogens (primary N) is 1. The van der Waals surface area contributed by atoms with Gasteiger partial charge in [0.05, 0.1) is 0 Å². The quantitative estimate of drug-likeness (QED) is 0.549. The van der Waals surface area contributed by atoms with Gasteiger partial charge in [-0.25, -0.2) is 10.8 Å². The molecule has 0 aliphatic carbocycles. The summed E-state index contributed by atoms with van der Waals surface area (Å²) < 4.78 is 0. The van der Waals surface area contributed by atoms with Gasteiger partial charge in [0.1, 0.15) is 10.8 Å². The minimum Gasteiger partial charge on any atom is -0.308 e. The van der Waals surface area contributed by atoms with E-state index < -0.39 is 0 Å². The fourth-order valence-electron chi connectivity index (χ4n) is 1.17. The second-order valence-corrected chi connectivity index (χ2v) is 4.34. The lowest BCUT2D eigenvalue weighted by atomic mass is 10.2. The Kier molecular flexibility index (Phi) is 3.26. The highest BCUT2D eigenvalue weighted by atomic mass is 32.1. The predicted octanol–water partition coefficient (Wildman–Crippen LogP) is 0.779. The standard InChI is InChI=1S/C9H10N6OS/c1-5-14-15-9(17-5)12-8(16)6-2-3-11-7(4-6)13-10/h2-4H,10H2,1H3,(H,11,13)(H,12,15,16). The van der Waals surface area contributed by atoms with Gasteiger partial charge in [0.25, 0.3) is 5.91 Å². The number of hydrogen-bond donors (Lipinski definition) is 3. The summed E-state index contributed by atoms with van der Waals surface area (Å²) in [6.07, 6.45) is 1.50. The molecule has 0 aromatic carbocycles. The summed E-state index contributed by atoms with van der Waals surface area (Å²) in [6.45, 7) is 1.82. The Hall–Kier alpha value is -2.06. The molecule has 0 radical (unpaired) electrons. The van der Waals surface area contributed by atoms with Crippen molar-refractivity contribution >= 4 is 28.2 Å². The normalized spacial score (nSPS) is 10.0. The molecule has 2 aromatic heterocycles. The van der Waals surface area contributed by atoms with Gasteiger partial charge in [-0.1, -0.05) is 11.3 Å². The second-order valence-electron chi connectivity index (χ2n) is 3.15. The third kappa shape index (κ3) is 2.74. The molecule has 4 N–H and O–H groups in total. The Balaban J connectivity index is 2.14. The highest BCUT2D eigenvalue weighted by Crippen LogP contribution is 2.15. The van der Waals surface area contributed by atoms with Crippen LogP contribution in [0.3, 0.4) is 0 Å². The van der Waals surface area contributed by atoms with Crippen LogP contribution in [0, 0.1) is 6.92 Å². The molecule has 17 heavy (non-hydrogen) atoms. The summed E-state index contributed by atoms with van der Waals surface area (Å²) >= 11 is 1.31. The van der Waals surface area contributed by atoms with Gasteiger partial charge in [-0.05, 0) is 19.1 Å². The van der Waals surface area contributed by atoms with Gasteiger partial charge < -0.3 is 5.43 Å². The van der Waals surface area contributed by atoms with Crippen molar-refractivity contribution in [2.75, 3.05) is 10.7 Å². The molecule has 0 saturated carbocycles. The van der Waals surface area contributed by atoms with Crippen molar-refractivity contribution < 1.29 is 4.79 Å². The lowest BCUT2D eigenvalue weighted by Crippen LogP contribution is -2.14. The molecule has 0 aliphatic rings. The Morgan fingerprint density at radius 1 is 1.47 bits per heavy atom. The SMILES string of the molecule is Cc1nnc(NC(=O)c2ccnc(NN)c2)s1. The summed E-state index contributed by atoms with van der Waals surface area (Å²) in [6, 6.07) is 3.13. The van der Waals surface area contributed by atoms with Crippen molar-refractivity contribution in [1.82, 2.24) is 15.2 Å². The first kappa shape index (κ1) is 11.4. The number of anilines is 2. The van der Waals surface area contributed by atoms with E-state index >= 15 is 0 Å². The molecular weight excluding hydrogens is 240 g/mol. The van der Waals surface area contributed by atoms with Crippen LogP contribution < -0.4 is 16.6 Å². The van der Waals surface area contributed by atoms with Gasteiger partial charge >= 0.3 is 0 Å². The number of nitrogens with zero attached hydrogens (tertiary/aromatic N) is 3. The van der Waals surface area contributed by atoms with Crippen LogP contribution in [0.2, 0.25) is 0 Å². The van der Waals surface area contributed by atoms with Crippen LogP contribution in [-0.2, 0) is 0 Å². The number of hydrazine groups is 1. The molecule has 1 amide bonds. The van der Waals surface area contributed by atoms with E-state index in [1.165, 1.54) is 17.5 Å². The number of nitrogens with one attached hydrogen (secondary N) is 2. The van der Waals surface area contributed by atoms with Crippen LogP contribution >= 0.6 is 11.3 Å². The molecule has 7 nitrogen and oxygen atoms in total. The Morgan fingerprint density at radius 3 is 2.94 bits per heavy atom. The topological polar surface area (TPSA) is 106 Å². The number of hydrogen-bond acceptors (Lipinski definition) is 7. The number of amides is 1.